The molecule has 1 heterocycles. The third-order valence-corrected chi connectivity index (χ3v) is 17.5. The average Bonchev–Trinajstić information content (AvgIpc) is 3.51. The van der Waals surface area contributed by atoms with E-state index in [1.54, 1.807) is 6.08 Å². The van der Waals surface area contributed by atoms with Gasteiger partial charge in [-0.1, -0.05) is 326 Å². The van der Waals surface area contributed by atoms with Crippen molar-refractivity contribution < 1.29 is 49.3 Å². The number of esters is 1. The van der Waals surface area contributed by atoms with Gasteiger partial charge in [0.1, 0.15) is 24.4 Å². The normalized spacial score (nSPS) is 18.1. The third kappa shape index (κ3) is 52.4. The Labute approximate surface area is 523 Å². The summed E-state index contributed by atoms with van der Waals surface area (Å²) in [5.74, 6) is -0.177. The van der Waals surface area contributed by atoms with Crippen molar-refractivity contribution in [1.29, 1.82) is 0 Å². The van der Waals surface area contributed by atoms with Crippen molar-refractivity contribution in [3.63, 3.8) is 0 Å². The van der Waals surface area contributed by atoms with Gasteiger partial charge < -0.3 is 45.1 Å². The molecule has 1 saturated heterocycles. The van der Waals surface area contributed by atoms with E-state index in [0.29, 0.717) is 19.4 Å². The monoisotopic (exact) mass is 1200 g/mol. The van der Waals surface area contributed by atoms with Crippen LogP contribution in [-0.4, -0.2) is 100 Å². The highest BCUT2D eigenvalue weighted by Crippen LogP contribution is 2.23. The first-order valence-electron chi connectivity index (χ1n) is 36.8. The molecule has 0 saturated carbocycles. The van der Waals surface area contributed by atoms with Crippen molar-refractivity contribution in [1.82, 2.24) is 5.32 Å². The molecule has 1 amide bonds. The molecule has 1 fully saturated rings. The Kier molecular flexibility index (Phi) is 60.4. The van der Waals surface area contributed by atoms with Crippen LogP contribution in [0, 0.1) is 0 Å². The predicted octanol–water partition coefficient (Wildman–Crippen LogP) is 19.0. The second-order valence-corrected chi connectivity index (χ2v) is 25.6. The average molecular weight is 1200 g/mol. The summed E-state index contributed by atoms with van der Waals surface area (Å²) >= 11 is 0. The number of carbonyl (C=O) groups excluding carboxylic acids is 2. The molecule has 11 nitrogen and oxygen atoms in total. The lowest BCUT2D eigenvalue weighted by Crippen LogP contribution is -2.60. The number of aliphatic hydroxyl groups excluding tert-OH is 5. The van der Waals surface area contributed by atoms with Crippen LogP contribution in [0.3, 0.4) is 0 Å². The number of ether oxygens (including phenoxy) is 3. The first kappa shape index (κ1) is 80.9. The standard InChI is InChI=1S/C74H139NO10/c1-3-5-7-9-11-13-15-16-37-41-44-48-52-56-60-67(77)66(65-84-74-73(82)72(81)71(80)68(64-76)85-74)75-69(78)61-57-53-49-45-42-38-35-33-31-29-27-25-23-21-19-17-18-20-22-24-26-28-30-32-34-36-39-43-47-51-55-59-63-83-70(79)62-58-54-50-46-40-14-12-10-8-6-4-2/h13,15,41,44,56,60,66-68,71-74,76-77,80-82H,3-12,14,16-40,42-43,45-55,57-59,61-65H2,1-2H3,(H,75,78)/b15-13+,44-41+,60-56+. The lowest BCUT2D eigenvalue weighted by molar-refractivity contribution is -0.302. The van der Waals surface area contributed by atoms with Crippen LogP contribution >= 0.6 is 0 Å². The molecule has 0 aromatic heterocycles. The summed E-state index contributed by atoms with van der Waals surface area (Å²) in [4.78, 5) is 25.1. The minimum Gasteiger partial charge on any atom is -0.466 e. The second kappa shape index (κ2) is 63.4. The largest absolute Gasteiger partial charge is 0.466 e. The van der Waals surface area contributed by atoms with E-state index in [-0.39, 0.29) is 18.5 Å². The minimum absolute atomic E-state index is 0.0133. The van der Waals surface area contributed by atoms with Crippen molar-refractivity contribution in [2.24, 2.45) is 0 Å². The maximum Gasteiger partial charge on any atom is 0.305 e. The van der Waals surface area contributed by atoms with Crippen LogP contribution in [0.4, 0.5) is 0 Å². The molecule has 0 aliphatic carbocycles. The topological polar surface area (TPSA) is 175 Å². The van der Waals surface area contributed by atoms with Gasteiger partial charge in [-0.2, -0.15) is 0 Å². The van der Waals surface area contributed by atoms with Gasteiger partial charge in [-0.3, -0.25) is 9.59 Å². The van der Waals surface area contributed by atoms with Crippen molar-refractivity contribution >= 4 is 11.9 Å². The fourth-order valence-electron chi connectivity index (χ4n) is 11.7. The zero-order valence-electron chi connectivity index (χ0n) is 55.6. The Balaban J connectivity index is 1.95. The van der Waals surface area contributed by atoms with Crippen LogP contribution in [0.5, 0.6) is 0 Å². The molecule has 500 valence electrons. The highest BCUT2D eigenvalue weighted by molar-refractivity contribution is 5.76. The quantitative estimate of drug-likeness (QED) is 0.0195. The summed E-state index contributed by atoms with van der Waals surface area (Å²) < 4.78 is 16.7. The van der Waals surface area contributed by atoms with Crippen LogP contribution in [-0.2, 0) is 23.8 Å². The summed E-state index contributed by atoms with van der Waals surface area (Å²) in [6, 6.07) is -0.831. The molecule has 1 aliphatic rings. The Morgan fingerprint density at radius 3 is 1.16 bits per heavy atom. The van der Waals surface area contributed by atoms with Gasteiger partial charge in [0.15, 0.2) is 6.29 Å². The van der Waals surface area contributed by atoms with E-state index in [2.05, 4.69) is 43.5 Å². The van der Waals surface area contributed by atoms with E-state index >= 15 is 0 Å². The summed E-state index contributed by atoms with van der Waals surface area (Å²) in [5.41, 5.74) is 0. The third-order valence-electron chi connectivity index (χ3n) is 17.5. The number of allylic oxidation sites excluding steroid dienone is 5. The van der Waals surface area contributed by atoms with Crippen molar-refractivity contribution in [2.45, 2.75) is 403 Å². The van der Waals surface area contributed by atoms with E-state index in [0.717, 1.165) is 64.2 Å². The maximum atomic E-state index is 13.1. The molecule has 0 aromatic carbocycles. The Morgan fingerprint density at radius 2 is 0.765 bits per heavy atom. The number of hydrogen-bond donors (Lipinski definition) is 6. The fraction of sp³-hybridized carbons (Fsp3) is 0.892. The molecule has 0 bridgehead atoms. The number of carbonyl (C=O) groups is 2. The van der Waals surface area contributed by atoms with E-state index in [1.165, 1.54) is 270 Å². The van der Waals surface area contributed by atoms with Gasteiger partial charge in [-0.25, -0.2) is 0 Å². The van der Waals surface area contributed by atoms with Gasteiger partial charge in [0.25, 0.3) is 0 Å². The van der Waals surface area contributed by atoms with Crippen molar-refractivity contribution in [3.8, 4) is 0 Å². The van der Waals surface area contributed by atoms with Gasteiger partial charge in [0, 0.05) is 12.8 Å². The Morgan fingerprint density at radius 1 is 0.424 bits per heavy atom. The fourth-order valence-corrected chi connectivity index (χ4v) is 11.7. The van der Waals surface area contributed by atoms with Gasteiger partial charge in [0.2, 0.25) is 5.91 Å². The molecule has 6 N–H and O–H groups in total. The number of rotatable bonds is 65. The van der Waals surface area contributed by atoms with E-state index < -0.39 is 49.5 Å². The van der Waals surface area contributed by atoms with Gasteiger partial charge in [0.05, 0.1) is 32.0 Å². The van der Waals surface area contributed by atoms with E-state index in [4.69, 9.17) is 14.2 Å². The number of amides is 1. The molecule has 0 radical (unpaired) electrons. The van der Waals surface area contributed by atoms with Gasteiger partial charge >= 0.3 is 5.97 Å². The second-order valence-electron chi connectivity index (χ2n) is 25.6. The SMILES string of the molecule is CCCCCC/C=C/CC/C=C/CC/C=C/C(O)C(COC1OC(CO)C(O)C(O)C1O)NC(=O)CCCCCCCCCCCCCCCCCCCCCCCCCCCCCCCCCCOC(=O)CCCCCCCCCCCCC. The van der Waals surface area contributed by atoms with Crippen LogP contribution < -0.4 is 5.32 Å². The number of unbranched alkanes of at least 4 members (excludes halogenated alkanes) is 47. The molecule has 0 spiro atoms. The lowest BCUT2D eigenvalue weighted by atomic mass is 9.99. The van der Waals surface area contributed by atoms with Gasteiger partial charge in [-0.05, 0) is 57.8 Å². The number of nitrogens with one attached hydrogen (secondary N) is 1. The molecule has 7 unspecified atom stereocenters. The number of hydrogen-bond acceptors (Lipinski definition) is 10. The first-order chi connectivity index (χ1) is 41.7. The van der Waals surface area contributed by atoms with Crippen molar-refractivity contribution in [2.75, 3.05) is 19.8 Å². The zero-order chi connectivity index (χ0) is 61.6. The molecule has 7 atom stereocenters. The predicted molar refractivity (Wildman–Crippen MR) is 357 cm³/mol. The van der Waals surface area contributed by atoms with Crippen LogP contribution in [0.15, 0.2) is 36.5 Å². The van der Waals surface area contributed by atoms with Crippen LogP contribution in [0.2, 0.25) is 0 Å². The maximum absolute atomic E-state index is 13.1. The van der Waals surface area contributed by atoms with Crippen molar-refractivity contribution in [3.05, 3.63) is 36.5 Å². The van der Waals surface area contributed by atoms with Gasteiger partial charge in [-0.15, -0.1) is 0 Å². The summed E-state index contributed by atoms with van der Waals surface area (Å²) in [6.45, 7) is 4.34. The number of aliphatic hydroxyl groups is 5. The van der Waals surface area contributed by atoms with E-state index in [9.17, 15) is 35.1 Å². The Hall–Kier alpha value is -2.12. The molecule has 1 rings (SSSR count). The summed E-state index contributed by atoms with van der Waals surface area (Å²) in [6.07, 6.45) is 71.5. The minimum atomic E-state index is -1.58. The first-order valence-corrected chi connectivity index (χ1v) is 36.8. The lowest BCUT2D eigenvalue weighted by Gasteiger charge is -2.40. The highest BCUT2D eigenvalue weighted by atomic mass is 16.7. The molecular formula is C74H139NO10. The van der Waals surface area contributed by atoms with E-state index in [1.807, 2.05) is 6.08 Å². The highest BCUT2D eigenvalue weighted by Gasteiger charge is 2.44. The smallest absolute Gasteiger partial charge is 0.305 e. The molecule has 1 aliphatic heterocycles. The molecule has 11 heteroatoms. The summed E-state index contributed by atoms with van der Waals surface area (Å²) in [7, 11) is 0. The molecular weight excluding hydrogens is 1060 g/mol. The van der Waals surface area contributed by atoms with Crippen LogP contribution in [0.1, 0.15) is 361 Å². The molecule has 85 heavy (non-hydrogen) atoms. The Bertz CT molecular complexity index is 1510. The zero-order valence-corrected chi connectivity index (χ0v) is 55.6. The summed E-state index contributed by atoms with van der Waals surface area (Å²) in [5, 5.41) is 54.5. The molecule has 0 aromatic rings. The van der Waals surface area contributed by atoms with Crippen LogP contribution in [0.25, 0.3) is 0 Å².